The third-order valence-corrected chi connectivity index (χ3v) is 5.94. The van der Waals surface area contributed by atoms with E-state index in [0.717, 1.165) is 12.8 Å². The van der Waals surface area contributed by atoms with Gasteiger partial charge in [0.25, 0.3) is 5.91 Å². The molecule has 2 rings (SSSR count). The van der Waals surface area contributed by atoms with E-state index in [-0.39, 0.29) is 22.9 Å². The van der Waals surface area contributed by atoms with Crippen LogP contribution in [-0.4, -0.2) is 75.7 Å². The van der Waals surface area contributed by atoms with Crippen LogP contribution in [-0.2, 0) is 24.3 Å². The van der Waals surface area contributed by atoms with Gasteiger partial charge in [0.05, 0.1) is 17.0 Å². The molecule has 1 aromatic carbocycles. The van der Waals surface area contributed by atoms with E-state index in [1.807, 2.05) is 0 Å². The zero-order chi connectivity index (χ0) is 20.0. The van der Waals surface area contributed by atoms with Crippen molar-refractivity contribution in [1.82, 2.24) is 14.5 Å². The quantitative estimate of drug-likeness (QED) is 0.640. The molecule has 27 heavy (non-hydrogen) atoms. The summed E-state index contributed by atoms with van der Waals surface area (Å²) in [6.07, 6.45) is 1.62. The maximum Gasteiger partial charge on any atom is 0.338 e. The third-order valence-electron chi connectivity index (χ3n) is 4.04. The van der Waals surface area contributed by atoms with E-state index < -0.39 is 28.5 Å². The molecule has 1 aromatic rings. The standard InChI is InChI=1S/C17H23N3O6S/c1-19(2)16(22)11-18-15(21)12-26-17(23)13-6-5-7-14(10-13)27(24,25)20-8-3-4-9-20/h5-7,10H,3-4,8-9,11-12H2,1-2H3,(H,18,21). The van der Waals surface area contributed by atoms with Crippen molar-refractivity contribution in [2.24, 2.45) is 0 Å². The minimum atomic E-state index is -3.65. The molecule has 148 valence electrons. The second-order valence-corrected chi connectivity index (χ2v) is 8.22. The predicted octanol–water partition coefficient (Wildman–Crippen LogP) is -0.168. The molecule has 1 aliphatic heterocycles. The van der Waals surface area contributed by atoms with Crippen LogP contribution >= 0.6 is 0 Å². The van der Waals surface area contributed by atoms with Crippen LogP contribution in [0.15, 0.2) is 29.2 Å². The van der Waals surface area contributed by atoms with Gasteiger partial charge >= 0.3 is 5.97 Å². The summed E-state index contributed by atoms with van der Waals surface area (Å²) in [6, 6.07) is 5.53. The number of sulfonamides is 1. The Kier molecular flexibility index (Phi) is 6.92. The summed E-state index contributed by atoms with van der Waals surface area (Å²) in [5, 5.41) is 2.33. The van der Waals surface area contributed by atoms with E-state index in [4.69, 9.17) is 4.74 Å². The summed E-state index contributed by atoms with van der Waals surface area (Å²) in [5.41, 5.74) is 0.0347. The Morgan fingerprint density at radius 1 is 1.19 bits per heavy atom. The first-order valence-corrected chi connectivity index (χ1v) is 9.90. The van der Waals surface area contributed by atoms with Gasteiger partial charge in [0, 0.05) is 27.2 Å². The van der Waals surface area contributed by atoms with Crippen LogP contribution in [0.1, 0.15) is 23.2 Å². The zero-order valence-corrected chi connectivity index (χ0v) is 16.1. The van der Waals surface area contributed by atoms with Gasteiger partial charge in [-0.05, 0) is 31.0 Å². The largest absolute Gasteiger partial charge is 0.452 e. The Balaban J connectivity index is 1.95. The van der Waals surface area contributed by atoms with Gasteiger partial charge in [-0.3, -0.25) is 9.59 Å². The summed E-state index contributed by atoms with van der Waals surface area (Å²) < 4.78 is 31.4. The predicted molar refractivity (Wildman–Crippen MR) is 96.4 cm³/mol. The van der Waals surface area contributed by atoms with Crippen molar-refractivity contribution in [3.63, 3.8) is 0 Å². The highest BCUT2D eigenvalue weighted by molar-refractivity contribution is 7.89. The highest BCUT2D eigenvalue weighted by Crippen LogP contribution is 2.21. The molecule has 0 aromatic heterocycles. The van der Waals surface area contributed by atoms with Gasteiger partial charge in [-0.1, -0.05) is 6.07 Å². The molecule has 1 N–H and O–H groups in total. The van der Waals surface area contributed by atoms with Gasteiger partial charge < -0.3 is 15.0 Å². The molecule has 2 amide bonds. The van der Waals surface area contributed by atoms with Crippen molar-refractivity contribution in [3.05, 3.63) is 29.8 Å². The monoisotopic (exact) mass is 397 g/mol. The van der Waals surface area contributed by atoms with E-state index in [1.54, 1.807) is 14.1 Å². The fraction of sp³-hybridized carbons (Fsp3) is 0.471. The van der Waals surface area contributed by atoms with Crippen LogP contribution in [0.2, 0.25) is 0 Å². The minimum Gasteiger partial charge on any atom is -0.452 e. The van der Waals surface area contributed by atoms with Crippen LogP contribution in [0.25, 0.3) is 0 Å². The SMILES string of the molecule is CN(C)C(=O)CNC(=O)COC(=O)c1cccc(S(=O)(=O)N2CCCC2)c1. The van der Waals surface area contributed by atoms with E-state index in [9.17, 15) is 22.8 Å². The molecule has 1 saturated heterocycles. The second-order valence-electron chi connectivity index (χ2n) is 6.28. The van der Waals surface area contributed by atoms with Crippen molar-refractivity contribution >= 4 is 27.8 Å². The number of hydrogen-bond acceptors (Lipinski definition) is 6. The molecule has 1 aliphatic rings. The number of hydrogen-bond donors (Lipinski definition) is 1. The summed E-state index contributed by atoms with van der Waals surface area (Å²) in [4.78, 5) is 36.5. The molecule has 0 saturated carbocycles. The number of rotatable bonds is 7. The number of ether oxygens (including phenoxy) is 1. The highest BCUT2D eigenvalue weighted by Gasteiger charge is 2.27. The highest BCUT2D eigenvalue weighted by atomic mass is 32.2. The molecule has 0 bridgehead atoms. The molecule has 10 heteroatoms. The van der Waals surface area contributed by atoms with E-state index in [0.29, 0.717) is 13.1 Å². The summed E-state index contributed by atoms with van der Waals surface area (Å²) in [6.45, 7) is 0.154. The van der Waals surface area contributed by atoms with E-state index >= 15 is 0 Å². The molecule has 9 nitrogen and oxygen atoms in total. The van der Waals surface area contributed by atoms with Crippen molar-refractivity contribution in [3.8, 4) is 0 Å². The molecule has 0 atom stereocenters. The number of nitrogens with one attached hydrogen (secondary N) is 1. The second kappa shape index (κ2) is 8.96. The lowest BCUT2D eigenvalue weighted by molar-refractivity contribution is -0.131. The maximum absolute atomic E-state index is 12.6. The lowest BCUT2D eigenvalue weighted by Crippen LogP contribution is -2.38. The van der Waals surface area contributed by atoms with Crippen LogP contribution in [0, 0.1) is 0 Å². The van der Waals surface area contributed by atoms with Gasteiger partial charge in [0.2, 0.25) is 15.9 Å². The Bertz CT molecular complexity index is 816. The van der Waals surface area contributed by atoms with Gasteiger partial charge in [0.1, 0.15) is 0 Å². The molecule has 0 unspecified atom stereocenters. The average Bonchev–Trinajstić information content (AvgIpc) is 3.19. The summed E-state index contributed by atoms with van der Waals surface area (Å²) in [5.74, 6) is -1.74. The van der Waals surface area contributed by atoms with Crippen LogP contribution < -0.4 is 5.32 Å². The van der Waals surface area contributed by atoms with Gasteiger partial charge in [0.15, 0.2) is 6.61 Å². The number of benzene rings is 1. The first kappa shape index (κ1) is 20.8. The lowest BCUT2D eigenvalue weighted by atomic mass is 10.2. The van der Waals surface area contributed by atoms with E-state index in [2.05, 4.69) is 5.32 Å². The molecule has 1 fully saturated rings. The number of amides is 2. The average molecular weight is 397 g/mol. The number of nitrogens with zero attached hydrogens (tertiary/aromatic N) is 2. The Hall–Kier alpha value is -2.46. The Morgan fingerprint density at radius 2 is 1.85 bits per heavy atom. The van der Waals surface area contributed by atoms with Gasteiger partial charge in [-0.15, -0.1) is 0 Å². The van der Waals surface area contributed by atoms with Gasteiger partial charge in [-0.2, -0.15) is 4.31 Å². The molecule has 0 spiro atoms. The maximum atomic E-state index is 12.6. The topological polar surface area (TPSA) is 113 Å². The van der Waals surface area contributed by atoms with E-state index in [1.165, 1.54) is 33.5 Å². The van der Waals surface area contributed by atoms with Crippen molar-refractivity contribution in [1.29, 1.82) is 0 Å². The Morgan fingerprint density at radius 3 is 2.48 bits per heavy atom. The van der Waals surface area contributed by atoms with Crippen LogP contribution in [0.3, 0.4) is 0 Å². The molecular weight excluding hydrogens is 374 g/mol. The van der Waals surface area contributed by atoms with Crippen LogP contribution in [0.4, 0.5) is 0 Å². The first-order chi connectivity index (χ1) is 12.7. The summed E-state index contributed by atoms with van der Waals surface area (Å²) in [7, 11) is -0.542. The first-order valence-electron chi connectivity index (χ1n) is 8.46. The Labute approximate surface area is 158 Å². The van der Waals surface area contributed by atoms with Crippen molar-refractivity contribution < 1.29 is 27.5 Å². The molecular formula is C17H23N3O6S. The number of carbonyl (C=O) groups is 3. The third kappa shape index (κ3) is 5.51. The lowest BCUT2D eigenvalue weighted by Gasteiger charge is -2.15. The fourth-order valence-electron chi connectivity index (χ4n) is 2.46. The molecule has 0 aliphatic carbocycles. The van der Waals surface area contributed by atoms with Gasteiger partial charge in [-0.25, -0.2) is 13.2 Å². The summed E-state index contributed by atoms with van der Waals surface area (Å²) >= 11 is 0. The number of carbonyl (C=O) groups excluding carboxylic acids is 3. The molecule has 0 radical (unpaired) electrons. The minimum absolute atomic E-state index is 0.0138. The molecule has 1 heterocycles. The number of esters is 1. The fourth-order valence-corrected chi connectivity index (χ4v) is 4.02. The van der Waals surface area contributed by atoms with Crippen LogP contribution in [0.5, 0.6) is 0 Å². The smallest absolute Gasteiger partial charge is 0.338 e. The number of likely N-dealkylation sites (N-methyl/N-ethyl adjacent to an activating group) is 1. The normalized spacial score (nSPS) is 14.6. The zero-order valence-electron chi connectivity index (χ0n) is 15.3. The van der Waals surface area contributed by atoms with Crippen molar-refractivity contribution in [2.75, 3.05) is 40.3 Å². The van der Waals surface area contributed by atoms with Crippen molar-refractivity contribution in [2.45, 2.75) is 17.7 Å².